The van der Waals surface area contributed by atoms with Gasteiger partial charge in [-0.25, -0.2) is 0 Å². The molecule has 7 nitrogen and oxygen atoms in total. The molecule has 1 N–H and O–H groups in total. The lowest BCUT2D eigenvalue weighted by atomic mass is 10.1. The summed E-state index contributed by atoms with van der Waals surface area (Å²) in [6, 6.07) is 0. The fraction of sp³-hybridized carbons (Fsp3) is 0.750. The van der Waals surface area contributed by atoms with Crippen LogP contribution in [0.2, 0.25) is 0 Å². The third kappa shape index (κ3) is 5.83. The topological polar surface area (TPSA) is 78.4 Å². The van der Waals surface area contributed by atoms with Crippen LogP contribution < -0.4 is 5.32 Å². The van der Waals surface area contributed by atoms with Gasteiger partial charge < -0.3 is 15.1 Å². The standard InChI is InChI=1S/C16H27N5O2S/c1-4-20-7-9-21(10-8-20)15(23)6-5-13(22)17-16-19-18-14(24-16)11-12(2)3/h12H,4-11H2,1-3H3,(H,17,19,22). The normalized spacial score (nSPS) is 15.8. The number of piperazine rings is 1. The number of hydrogen-bond donors (Lipinski definition) is 1. The lowest BCUT2D eigenvalue weighted by Gasteiger charge is -2.34. The van der Waals surface area contributed by atoms with Gasteiger partial charge in [0.2, 0.25) is 16.9 Å². The molecule has 8 heteroatoms. The molecule has 1 aromatic heterocycles. The Labute approximate surface area is 147 Å². The fourth-order valence-electron chi connectivity index (χ4n) is 2.61. The first-order valence-corrected chi connectivity index (χ1v) is 9.42. The van der Waals surface area contributed by atoms with Gasteiger partial charge in [0.25, 0.3) is 0 Å². The van der Waals surface area contributed by atoms with Crippen LogP contribution in [0, 0.1) is 5.92 Å². The largest absolute Gasteiger partial charge is 0.340 e. The Bertz CT molecular complexity index is 552. The maximum atomic E-state index is 12.2. The van der Waals surface area contributed by atoms with Gasteiger partial charge in [0.15, 0.2) is 0 Å². The number of amides is 2. The minimum Gasteiger partial charge on any atom is -0.340 e. The average molecular weight is 353 g/mol. The molecule has 1 aromatic rings. The highest BCUT2D eigenvalue weighted by Gasteiger charge is 2.20. The first kappa shape index (κ1) is 18.8. The third-order valence-electron chi connectivity index (χ3n) is 4.03. The van der Waals surface area contributed by atoms with Gasteiger partial charge in [-0.2, -0.15) is 0 Å². The molecular formula is C16H27N5O2S. The molecule has 24 heavy (non-hydrogen) atoms. The molecule has 2 heterocycles. The van der Waals surface area contributed by atoms with Gasteiger partial charge in [0.1, 0.15) is 5.01 Å². The smallest absolute Gasteiger partial charge is 0.226 e. The van der Waals surface area contributed by atoms with Gasteiger partial charge in [-0.1, -0.05) is 32.1 Å². The molecule has 0 aromatic carbocycles. The monoisotopic (exact) mass is 353 g/mol. The summed E-state index contributed by atoms with van der Waals surface area (Å²) in [5.41, 5.74) is 0. The molecule has 1 aliphatic rings. The maximum absolute atomic E-state index is 12.2. The zero-order chi connectivity index (χ0) is 17.5. The van der Waals surface area contributed by atoms with Crippen LogP contribution in [-0.4, -0.2) is 64.5 Å². The third-order valence-corrected chi connectivity index (χ3v) is 4.90. The quantitative estimate of drug-likeness (QED) is 0.806. The molecule has 1 aliphatic heterocycles. The second kappa shape index (κ2) is 9.08. The Morgan fingerprint density at radius 2 is 1.88 bits per heavy atom. The highest BCUT2D eigenvalue weighted by molar-refractivity contribution is 7.15. The maximum Gasteiger partial charge on any atom is 0.226 e. The van der Waals surface area contributed by atoms with E-state index in [9.17, 15) is 9.59 Å². The van der Waals surface area contributed by atoms with E-state index in [0.717, 1.165) is 44.2 Å². The lowest BCUT2D eigenvalue weighted by Crippen LogP contribution is -2.48. The zero-order valence-electron chi connectivity index (χ0n) is 14.7. The van der Waals surface area contributed by atoms with Crippen molar-refractivity contribution in [3.8, 4) is 0 Å². The van der Waals surface area contributed by atoms with E-state index < -0.39 is 0 Å². The summed E-state index contributed by atoms with van der Waals surface area (Å²) in [5.74, 6) is 0.383. The SMILES string of the molecule is CCN1CCN(C(=O)CCC(=O)Nc2nnc(CC(C)C)s2)CC1. The summed E-state index contributed by atoms with van der Waals surface area (Å²) in [6.07, 6.45) is 1.29. The van der Waals surface area contributed by atoms with Crippen LogP contribution in [0.25, 0.3) is 0 Å². The number of hydrogen-bond acceptors (Lipinski definition) is 6. The molecule has 0 spiro atoms. The van der Waals surface area contributed by atoms with Gasteiger partial charge in [-0.05, 0) is 12.5 Å². The van der Waals surface area contributed by atoms with Crippen molar-refractivity contribution in [2.75, 3.05) is 38.0 Å². The molecule has 2 rings (SSSR count). The molecule has 0 aliphatic carbocycles. The van der Waals surface area contributed by atoms with Crippen molar-refractivity contribution in [2.45, 2.75) is 40.0 Å². The first-order chi connectivity index (χ1) is 11.5. The number of aromatic nitrogens is 2. The van der Waals surface area contributed by atoms with Crippen LogP contribution >= 0.6 is 11.3 Å². The number of nitrogens with one attached hydrogen (secondary N) is 1. The highest BCUT2D eigenvalue weighted by atomic mass is 32.1. The second-order valence-corrected chi connectivity index (χ2v) is 7.52. The molecule has 0 bridgehead atoms. The van der Waals surface area contributed by atoms with Gasteiger partial charge in [0, 0.05) is 45.4 Å². The van der Waals surface area contributed by atoms with E-state index in [1.54, 1.807) is 0 Å². The van der Waals surface area contributed by atoms with Crippen LogP contribution in [0.3, 0.4) is 0 Å². The van der Waals surface area contributed by atoms with Crippen LogP contribution in [-0.2, 0) is 16.0 Å². The predicted octanol–water partition coefficient (Wildman–Crippen LogP) is 1.62. The van der Waals surface area contributed by atoms with Crippen LogP contribution in [0.15, 0.2) is 0 Å². The van der Waals surface area contributed by atoms with Crippen molar-refractivity contribution < 1.29 is 9.59 Å². The first-order valence-electron chi connectivity index (χ1n) is 8.60. The molecule has 1 fully saturated rings. The number of anilines is 1. The Morgan fingerprint density at radius 3 is 2.50 bits per heavy atom. The van der Waals surface area contributed by atoms with E-state index in [1.165, 1.54) is 11.3 Å². The Kier molecular flexibility index (Phi) is 7.11. The lowest BCUT2D eigenvalue weighted by molar-refractivity contribution is -0.134. The Morgan fingerprint density at radius 1 is 1.17 bits per heavy atom. The van der Waals surface area contributed by atoms with Crippen molar-refractivity contribution in [3.63, 3.8) is 0 Å². The summed E-state index contributed by atoms with van der Waals surface area (Å²) >= 11 is 1.40. The molecular weight excluding hydrogens is 326 g/mol. The summed E-state index contributed by atoms with van der Waals surface area (Å²) in [6.45, 7) is 10.7. The van der Waals surface area contributed by atoms with Crippen molar-refractivity contribution in [1.82, 2.24) is 20.0 Å². The zero-order valence-corrected chi connectivity index (χ0v) is 15.6. The van der Waals surface area contributed by atoms with Crippen LogP contribution in [0.1, 0.15) is 38.6 Å². The van der Waals surface area contributed by atoms with Crippen molar-refractivity contribution in [1.29, 1.82) is 0 Å². The minimum atomic E-state index is -0.178. The Balaban J connectivity index is 1.71. The van der Waals surface area contributed by atoms with Crippen molar-refractivity contribution >= 4 is 28.3 Å². The number of likely N-dealkylation sites (N-methyl/N-ethyl adjacent to an activating group) is 1. The predicted molar refractivity (Wildman–Crippen MR) is 95.0 cm³/mol. The van der Waals surface area contributed by atoms with E-state index in [4.69, 9.17) is 0 Å². The van der Waals surface area contributed by atoms with E-state index in [-0.39, 0.29) is 24.7 Å². The molecule has 0 atom stereocenters. The van der Waals surface area contributed by atoms with Gasteiger partial charge in [0.05, 0.1) is 0 Å². The molecule has 0 saturated carbocycles. The van der Waals surface area contributed by atoms with Gasteiger partial charge >= 0.3 is 0 Å². The van der Waals surface area contributed by atoms with Crippen LogP contribution in [0.4, 0.5) is 5.13 Å². The summed E-state index contributed by atoms with van der Waals surface area (Å²) in [4.78, 5) is 28.3. The van der Waals surface area contributed by atoms with Gasteiger partial charge in [-0.15, -0.1) is 10.2 Å². The summed E-state index contributed by atoms with van der Waals surface area (Å²) in [7, 11) is 0. The van der Waals surface area contributed by atoms with Crippen molar-refractivity contribution in [3.05, 3.63) is 5.01 Å². The Hall–Kier alpha value is -1.54. The number of carbonyl (C=O) groups excluding carboxylic acids is 2. The van der Waals surface area contributed by atoms with Gasteiger partial charge in [-0.3, -0.25) is 9.59 Å². The van der Waals surface area contributed by atoms with E-state index >= 15 is 0 Å². The summed E-state index contributed by atoms with van der Waals surface area (Å²) < 4.78 is 0. The minimum absolute atomic E-state index is 0.0543. The molecule has 1 saturated heterocycles. The number of rotatable bonds is 7. The summed E-state index contributed by atoms with van der Waals surface area (Å²) in [5, 5.41) is 12.2. The van der Waals surface area contributed by atoms with Crippen LogP contribution in [0.5, 0.6) is 0 Å². The van der Waals surface area contributed by atoms with E-state index in [2.05, 4.69) is 41.2 Å². The average Bonchev–Trinajstić information content (AvgIpc) is 2.98. The molecule has 0 unspecified atom stereocenters. The highest BCUT2D eigenvalue weighted by Crippen LogP contribution is 2.18. The van der Waals surface area contributed by atoms with E-state index in [0.29, 0.717) is 11.0 Å². The van der Waals surface area contributed by atoms with Crippen molar-refractivity contribution in [2.24, 2.45) is 5.92 Å². The fourth-order valence-corrected chi connectivity index (χ4v) is 3.58. The molecule has 0 radical (unpaired) electrons. The number of carbonyl (C=O) groups is 2. The molecule has 134 valence electrons. The number of nitrogens with zero attached hydrogens (tertiary/aromatic N) is 4. The molecule has 2 amide bonds. The van der Waals surface area contributed by atoms with E-state index in [1.807, 2.05) is 4.90 Å². The second-order valence-electron chi connectivity index (χ2n) is 6.46.